The second-order valence-electron chi connectivity index (χ2n) is 19.4. The minimum atomic E-state index is -0.787. The molecule has 3 atom stereocenters. The molecule has 0 bridgehead atoms. The molecule has 0 saturated carbocycles. The highest BCUT2D eigenvalue weighted by molar-refractivity contribution is 5.77. The number of aliphatic hydroxyl groups excluding tert-OH is 2. The Kier molecular flexibility index (Phi) is 50.5. The summed E-state index contributed by atoms with van der Waals surface area (Å²) in [6.45, 7) is 6.39. The van der Waals surface area contributed by atoms with Gasteiger partial charge in [-0.15, -0.1) is 0 Å². The number of rotatable bonds is 51. The van der Waals surface area contributed by atoms with E-state index >= 15 is 0 Å². The van der Waals surface area contributed by atoms with Crippen molar-refractivity contribution in [2.75, 3.05) is 6.61 Å². The Balaban J connectivity index is 4.52. The number of aliphatic hydroxyl groups is 2. The molecule has 0 aromatic carbocycles. The predicted octanol–water partition coefficient (Wildman–Crippen LogP) is 17.2. The Labute approximate surface area is 398 Å². The summed E-state index contributed by atoms with van der Waals surface area (Å²) >= 11 is 0. The average Bonchev–Trinajstić information content (AvgIpc) is 3.29. The highest BCUT2D eigenvalue weighted by atomic mass is 16.5. The van der Waals surface area contributed by atoms with E-state index in [-0.39, 0.29) is 24.9 Å². The zero-order chi connectivity index (χ0) is 46.7. The molecule has 0 fully saturated rings. The molecule has 0 aliphatic carbocycles. The maximum absolute atomic E-state index is 13.3. The molecule has 3 N–H and O–H groups in total. The maximum Gasteiger partial charge on any atom is 0.306 e. The maximum atomic E-state index is 13.3. The van der Waals surface area contributed by atoms with Crippen LogP contribution in [0.25, 0.3) is 0 Å². The summed E-state index contributed by atoms with van der Waals surface area (Å²) in [5.41, 5.74) is 0. The van der Waals surface area contributed by atoms with Crippen molar-refractivity contribution in [2.24, 2.45) is 0 Å². The van der Waals surface area contributed by atoms with Gasteiger partial charge in [-0.2, -0.15) is 0 Å². The van der Waals surface area contributed by atoms with Crippen LogP contribution in [-0.4, -0.2) is 46.9 Å². The normalized spacial score (nSPS) is 13.4. The van der Waals surface area contributed by atoms with Gasteiger partial charge in [-0.3, -0.25) is 9.59 Å². The molecule has 6 nitrogen and oxygen atoms in total. The molecule has 376 valence electrons. The van der Waals surface area contributed by atoms with Crippen LogP contribution in [0, 0.1) is 0 Å². The van der Waals surface area contributed by atoms with Crippen LogP contribution in [0.15, 0.2) is 36.5 Å². The van der Waals surface area contributed by atoms with Crippen LogP contribution in [0.3, 0.4) is 0 Å². The molecule has 0 aliphatic heterocycles. The van der Waals surface area contributed by atoms with Gasteiger partial charge >= 0.3 is 5.97 Å². The molecule has 1 amide bonds. The van der Waals surface area contributed by atoms with Crippen molar-refractivity contribution in [3.8, 4) is 0 Å². The van der Waals surface area contributed by atoms with Crippen molar-refractivity contribution in [1.82, 2.24) is 5.32 Å². The first kappa shape index (κ1) is 62.1. The number of carbonyl (C=O) groups excluding carboxylic acids is 2. The summed E-state index contributed by atoms with van der Waals surface area (Å²) in [5, 5.41) is 23.9. The third-order valence-electron chi connectivity index (χ3n) is 13.0. The van der Waals surface area contributed by atoms with E-state index in [0.29, 0.717) is 19.3 Å². The number of allylic oxidation sites excluding steroid dienone is 6. The van der Waals surface area contributed by atoms with Gasteiger partial charge in [-0.05, 0) is 44.9 Å². The van der Waals surface area contributed by atoms with Gasteiger partial charge in [-0.1, -0.05) is 276 Å². The van der Waals surface area contributed by atoms with Gasteiger partial charge in [0.2, 0.25) is 5.91 Å². The number of amides is 1. The lowest BCUT2D eigenvalue weighted by Gasteiger charge is -2.24. The lowest BCUT2D eigenvalue weighted by Crippen LogP contribution is -2.46. The number of hydrogen-bond acceptors (Lipinski definition) is 5. The van der Waals surface area contributed by atoms with E-state index in [1.807, 2.05) is 0 Å². The molecule has 64 heavy (non-hydrogen) atoms. The monoisotopic (exact) mass is 900 g/mol. The van der Waals surface area contributed by atoms with Crippen LogP contribution in [-0.2, 0) is 14.3 Å². The summed E-state index contributed by atoms with van der Waals surface area (Å²) in [6.07, 6.45) is 62.0. The standard InChI is InChI=1S/C58H109NO5/c1-4-7-10-13-16-19-22-25-28-30-32-35-38-41-44-47-50-56(61)55(53-60)59-57(62)52-54(49-46-43-40-37-34-31-27-24-21-18-15-12-9-6-3)64-58(63)51-48-45-42-39-36-33-29-26-23-20-17-14-11-8-5-2/h8,11,14,17,20,23,54-56,60-61H,4-7,9-10,12-13,15-16,18-19,21-22,24-53H2,1-3H3,(H,59,62)/b11-8+,17-14+,23-20+. The Morgan fingerprint density at radius 1 is 0.469 bits per heavy atom. The number of carbonyl (C=O) groups is 2. The third-order valence-corrected chi connectivity index (χ3v) is 13.0. The Hall–Kier alpha value is -1.92. The summed E-state index contributed by atoms with van der Waals surface area (Å²) in [7, 11) is 0. The summed E-state index contributed by atoms with van der Waals surface area (Å²) in [4.78, 5) is 26.2. The second-order valence-corrected chi connectivity index (χ2v) is 19.4. The fourth-order valence-electron chi connectivity index (χ4n) is 8.79. The lowest BCUT2D eigenvalue weighted by atomic mass is 10.0. The first-order valence-corrected chi connectivity index (χ1v) is 28.2. The third kappa shape index (κ3) is 46.6. The number of ether oxygens (including phenoxy) is 1. The quantitative estimate of drug-likeness (QED) is 0.0321. The van der Waals surface area contributed by atoms with Crippen LogP contribution in [0.1, 0.15) is 297 Å². The fourth-order valence-corrected chi connectivity index (χ4v) is 8.79. The molecule has 6 heteroatoms. The number of hydrogen-bond donors (Lipinski definition) is 3. The molecule has 0 aromatic heterocycles. The van der Waals surface area contributed by atoms with Crippen LogP contribution in [0.4, 0.5) is 0 Å². The van der Waals surface area contributed by atoms with Crippen molar-refractivity contribution in [1.29, 1.82) is 0 Å². The van der Waals surface area contributed by atoms with E-state index < -0.39 is 18.2 Å². The Morgan fingerprint density at radius 2 is 0.844 bits per heavy atom. The minimum absolute atomic E-state index is 0.0772. The van der Waals surface area contributed by atoms with Crippen LogP contribution in [0.2, 0.25) is 0 Å². The zero-order valence-corrected chi connectivity index (χ0v) is 42.9. The molecular formula is C58H109NO5. The molecule has 0 rings (SSSR count). The van der Waals surface area contributed by atoms with Gasteiger partial charge in [0.15, 0.2) is 0 Å². The smallest absolute Gasteiger partial charge is 0.306 e. The topological polar surface area (TPSA) is 95.9 Å². The number of esters is 1. The van der Waals surface area contributed by atoms with E-state index in [1.54, 1.807) is 0 Å². The molecular weight excluding hydrogens is 791 g/mol. The SMILES string of the molecule is CC/C=C/C=C/C=C/CCCCCCCCCC(=O)OC(CCCCCCCCCCCCCCCC)CC(=O)NC(CO)C(O)CCCCCCCCCCCCCCCCCC. The Morgan fingerprint density at radius 3 is 1.27 bits per heavy atom. The fraction of sp³-hybridized carbons (Fsp3) is 0.862. The van der Waals surface area contributed by atoms with Gasteiger partial charge in [0.1, 0.15) is 6.10 Å². The van der Waals surface area contributed by atoms with Gasteiger partial charge in [-0.25, -0.2) is 0 Å². The molecule has 0 aromatic rings. The summed E-state index contributed by atoms with van der Waals surface area (Å²) < 4.78 is 5.95. The largest absolute Gasteiger partial charge is 0.462 e. The Bertz CT molecular complexity index is 1060. The molecule has 0 aliphatic rings. The molecule has 0 saturated heterocycles. The van der Waals surface area contributed by atoms with Crippen molar-refractivity contribution >= 4 is 11.9 Å². The first-order chi connectivity index (χ1) is 31.5. The predicted molar refractivity (Wildman–Crippen MR) is 278 cm³/mol. The van der Waals surface area contributed by atoms with E-state index in [1.165, 1.54) is 193 Å². The van der Waals surface area contributed by atoms with Crippen LogP contribution >= 0.6 is 0 Å². The highest BCUT2D eigenvalue weighted by Crippen LogP contribution is 2.19. The van der Waals surface area contributed by atoms with E-state index in [2.05, 4.69) is 62.5 Å². The molecule has 0 radical (unpaired) electrons. The lowest BCUT2D eigenvalue weighted by molar-refractivity contribution is -0.151. The van der Waals surface area contributed by atoms with Gasteiger partial charge in [0.05, 0.1) is 25.2 Å². The molecule has 3 unspecified atom stereocenters. The minimum Gasteiger partial charge on any atom is -0.462 e. The van der Waals surface area contributed by atoms with Crippen LogP contribution in [0.5, 0.6) is 0 Å². The molecule has 0 heterocycles. The van der Waals surface area contributed by atoms with Gasteiger partial charge < -0.3 is 20.3 Å². The molecule has 0 spiro atoms. The highest BCUT2D eigenvalue weighted by Gasteiger charge is 2.24. The van der Waals surface area contributed by atoms with E-state index in [0.717, 1.165) is 57.8 Å². The van der Waals surface area contributed by atoms with Crippen molar-refractivity contribution in [3.63, 3.8) is 0 Å². The first-order valence-electron chi connectivity index (χ1n) is 28.2. The van der Waals surface area contributed by atoms with Crippen molar-refractivity contribution in [3.05, 3.63) is 36.5 Å². The summed E-state index contributed by atoms with van der Waals surface area (Å²) in [5.74, 6) is -0.472. The second kappa shape index (κ2) is 52.1. The van der Waals surface area contributed by atoms with E-state index in [9.17, 15) is 19.8 Å². The zero-order valence-electron chi connectivity index (χ0n) is 42.9. The summed E-state index contributed by atoms with van der Waals surface area (Å²) in [6, 6.07) is -0.701. The van der Waals surface area contributed by atoms with Gasteiger partial charge in [0.25, 0.3) is 0 Å². The number of nitrogens with one attached hydrogen (secondary N) is 1. The van der Waals surface area contributed by atoms with Gasteiger partial charge in [0, 0.05) is 6.42 Å². The average molecular weight is 901 g/mol. The van der Waals surface area contributed by atoms with Crippen molar-refractivity contribution < 1.29 is 24.5 Å². The van der Waals surface area contributed by atoms with Crippen molar-refractivity contribution in [2.45, 2.75) is 315 Å². The van der Waals surface area contributed by atoms with E-state index in [4.69, 9.17) is 4.74 Å². The van der Waals surface area contributed by atoms with Crippen LogP contribution < -0.4 is 5.32 Å². The number of unbranched alkanes of at least 4 members (excludes halogenated alkanes) is 35.